The van der Waals surface area contributed by atoms with Crippen molar-refractivity contribution >= 4 is 24.1 Å². The van der Waals surface area contributed by atoms with E-state index in [1.54, 1.807) is 4.68 Å². The Balaban J connectivity index is 0.00000192. The second-order valence-corrected chi connectivity index (χ2v) is 8.31. The second kappa shape index (κ2) is 6.44. The molecule has 1 heterocycles. The van der Waals surface area contributed by atoms with Gasteiger partial charge in [-0.2, -0.15) is 5.10 Å². The van der Waals surface area contributed by atoms with Crippen LogP contribution in [0.25, 0.3) is 0 Å². The third-order valence-corrected chi connectivity index (χ3v) is 5.18. The molecule has 2 bridgehead atoms. The number of anilines is 1. The molecule has 5 nitrogen and oxygen atoms in total. The number of carbonyl (C=O) groups is 1. The molecule has 4 atom stereocenters. The Labute approximate surface area is 144 Å². The molecule has 0 saturated heterocycles. The van der Waals surface area contributed by atoms with E-state index in [1.807, 2.05) is 13.1 Å². The van der Waals surface area contributed by atoms with Crippen molar-refractivity contribution in [2.24, 2.45) is 36.0 Å². The summed E-state index contributed by atoms with van der Waals surface area (Å²) in [6.45, 7) is 6.57. The summed E-state index contributed by atoms with van der Waals surface area (Å²) in [6.07, 6.45) is 4.36. The fourth-order valence-electron chi connectivity index (χ4n) is 4.21. The lowest BCUT2D eigenvalue weighted by atomic mass is 9.84. The first-order valence-electron chi connectivity index (χ1n) is 8.34. The lowest BCUT2D eigenvalue weighted by Crippen LogP contribution is -2.42. The van der Waals surface area contributed by atoms with Gasteiger partial charge in [-0.15, -0.1) is 12.4 Å². The van der Waals surface area contributed by atoms with E-state index in [9.17, 15) is 4.79 Å². The zero-order valence-corrected chi connectivity index (χ0v) is 15.3. The minimum absolute atomic E-state index is 0. The number of fused-ring (bicyclic) bond motifs is 2. The summed E-state index contributed by atoms with van der Waals surface area (Å²) < 4.78 is 1.76. The van der Waals surface area contributed by atoms with Gasteiger partial charge in [-0.1, -0.05) is 20.8 Å². The molecule has 1 aromatic rings. The van der Waals surface area contributed by atoms with Crippen LogP contribution in [0, 0.1) is 23.2 Å². The van der Waals surface area contributed by atoms with Crippen molar-refractivity contribution in [2.75, 3.05) is 5.32 Å². The first-order valence-corrected chi connectivity index (χ1v) is 8.34. The summed E-state index contributed by atoms with van der Waals surface area (Å²) in [5.74, 6) is 1.84. The maximum atomic E-state index is 12.6. The second-order valence-electron chi connectivity index (χ2n) is 8.31. The van der Waals surface area contributed by atoms with Gasteiger partial charge < -0.3 is 11.1 Å². The van der Waals surface area contributed by atoms with E-state index >= 15 is 0 Å². The molecule has 3 rings (SSSR count). The zero-order chi connectivity index (χ0) is 16.1. The smallest absolute Gasteiger partial charge is 0.230 e. The Morgan fingerprint density at radius 1 is 1.39 bits per heavy atom. The number of nitrogens with zero attached hydrogens (tertiary/aromatic N) is 2. The molecule has 6 heteroatoms. The van der Waals surface area contributed by atoms with Crippen LogP contribution in [-0.2, 0) is 18.3 Å². The van der Waals surface area contributed by atoms with Crippen molar-refractivity contribution in [3.05, 3.63) is 11.8 Å². The highest BCUT2D eigenvalue weighted by molar-refractivity contribution is 5.93. The minimum atomic E-state index is -0.0280. The molecule has 0 aliphatic heterocycles. The number of carbonyl (C=O) groups excluding carboxylic acids is 1. The quantitative estimate of drug-likeness (QED) is 0.888. The highest BCUT2D eigenvalue weighted by Crippen LogP contribution is 2.47. The molecular formula is C17H29ClN4O. The molecule has 4 unspecified atom stereocenters. The van der Waals surface area contributed by atoms with Crippen LogP contribution in [0.15, 0.2) is 6.07 Å². The van der Waals surface area contributed by atoms with E-state index in [-0.39, 0.29) is 35.7 Å². The van der Waals surface area contributed by atoms with Gasteiger partial charge in [0, 0.05) is 19.2 Å². The molecule has 0 radical (unpaired) electrons. The number of amides is 1. The Morgan fingerprint density at radius 3 is 2.61 bits per heavy atom. The highest BCUT2D eigenvalue weighted by atomic mass is 35.5. The van der Waals surface area contributed by atoms with Gasteiger partial charge in [0.2, 0.25) is 5.91 Å². The Morgan fingerprint density at radius 2 is 2.04 bits per heavy atom. The Kier molecular flexibility index (Phi) is 5.12. The van der Waals surface area contributed by atoms with E-state index in [0.717, 1.165) is 30.8 Å². The average molecular weight is 341 g/mol. The number of nitrogens with two attached hydrogens (primary N) is 1. The van der Waals surface area contributed by atoms with Crippen molar-refractivity contribution in [1.82, 2.24) is 9.78 Å². The van der Waals surface area contributed by atoms with Crippen molar-refractivity contribution < 1.29 is 4.79 Å². The van der Waals surface area contributed by atoms with Gasteiger partial charge in [-0.05, 0) is 42.9 Å². The predicted octanol–water partition coefficient (Wildman–Crippen LogP) is 2.74. The van der Waals surface area contributed by atoms with E-state index in [0.29, 0.717) is 11.8 Å². The van der Waals surface area contributed by atoms with E-state index in [4.69, 9.17) is 5.73 Å². The van der Waals surface area contributed by atoms with Crippen LogP contribution in [0.5, 0.6) is 0 Å². The third-order valence-electron chi connectivity index (χ3n) is 5.18. The molecular weight excluding hydrogens is 312 g/mol. The molecule has 2 saturated carbocycles. The maximum absolute atomic E-state index is 12.6. The van der Waals surface area contributed by atoms with Crippen molar-refractivity contribution in [2.45, 2.75) is 52.5 Å². The fraction of sp³-hybridized carbons (Fsp3) is 0.765. The van der Waals surface area contributed by atoms with E-state index < -0.39 is 0 Å². The maximum Gasteiger partial charge on any atom is 0.230 e. The molecule has 2 aliphatic carbocycles. The number of hydrogen-bond donors (Lipinski definition) is 2. The molecule has 23 heavy (non-hydrogen) atoms. The van der Waals surface area contributed by atoms with Crippen molar-refractivity contribution in [3.63, 3.8) is 0 Å². The summed E-state index contributed by atoms with van der Waals surface area (Å²) >= 11 is 0. The topological polar surface area (TPSA) is 72.9 Å². The molecule has 1 aromatic heterocycles. The summed E-state index contributed by atoms with van der Waals surface area (Å²) in [5, 5.41) is 7.57. The first-order chi connectivity index (χ1) is 10.2. The number of aryl methyl sites for hydroxylation is 1. The number of nitrogens with one attached hydrogen (secondary N) is 1. The van der Waals surface area contributed by atoms with Gasteiger partial charge in [0.1, 0.15) is 5.82 Å². The number of hydrogen-bond acceptors (Lipinski definition) is 3. The van der Waals surface area contributed by atoms with Gasteiger partial charge in [0.05, 0.1) is 11.6 Å². The molecule has 3 N–H and O–H groups in total. The summed E-state index contributed by atoms with van der Waals surface area (Å²) in [7, 11) is 1.88. The van der Waals surface area contributed by atoms with Crippen molar-refractivity contribution in [3.8, 4) is 0 Å². The number of aromatic nitrogens is 2. The van der Waals surface area contributed by atoms with Gasteiger partial charge in [-0.3, -0.25) is 9.48 Å². The Hall–Kier alpha value is -1.07. The van der Waals surface area contributed by atoms with Crippen LogP contribution in [-0.4, -0.2) is 21.7 Å². The lowest BCUT2D eigenvalue weighted by Gasteiger charge is -2.26. The molecule has 2 fully saturated rings. The summed E-state index contributed by atoms with van der Waals surface area (Å²) in [6, 6.07) is 2.02. The van der Waals surface area contributed by atoms with E-state index in [1.165, 1.54) is 6.42 Å². The summed E-state index contributed by atoms with van der Waals surface area (Å²) in [4.78, 5) is 12.6. The van der Waals surface area contributed by atoms with Gasteiger partial charge in [-0.25, -0.2) is 0 Å². The van der Waals surface area contributed by atoms with Gasteiger partial charge in [0.15, 0.2) is 0 Å². The molecule has 130 valence electrons. The molecule has 2 aliphatic rings. The standard InChI is InChI=1S/C17H28N4O.ClH/c1-17(2,3)9-12-8-13(21(4)20-12)19-16(22)14-10-5-6-11(7-10)15(14)18;/h8,10-11,14-15H,5-7,9,18H2,1-4H3,(H,19,22);1H. The average Bonchev–Trinajstić information content (AvgIpc) is 3.03. The van der Waals surface area contributed by atoms with Crippen LogP contribution in [0.3, 0.4) is 0 Å². The summed E-state index contributed by atoms with van der Waals surface area (Å²) in [5.41, 5.74) is 7.46. The van der Waals surface area contributed by atoms with Gasteiger partial charge >= 0.3 is 0 Å². The zero-order valence-electron chi connectivity index (χ0n) is 14.5. The highest BCUT2D eigenvalue weighted by Gasteiger charge is 2.49. The SMILES string of the molecule is Cl.Cn1nc(CC(C)(C)C)cc1NC(=O)C1C2CCC(C2)C1N. The minimum Gasteiger partial charge on any atom is -0.327 e. The van der Waals surface area contributed by atoms with Gasteiger partial charge in [0.25, 0.3) is 0 Å². The van der Waals surface area contributed by atoms with Crippen LogP contribution >= 0.6 is 12.4 Å². The molecule has 0 spiro atoms. The first kappa shape index (κ1) is 18.3. The predicted molar refractivity (Wildman–Crippen MR) is 94.5 cm³/mol. The van der Waals surface area contributed by atoms with Crippen LogP contribution < -0.4 is 11.1 Å². The largest absolute Gasteiger partial charge is 0.327 e. The monoisotopic (exact) mass is 340 g/mol. The number of rotatable bonds is 3. The fourth-order valence-corrected chi connectivity index (χ4v) is 4.21. The normalized spacial score (nSPS) is 29.4. The Bertz CT molecular complexity index is 576. The van der Waals surface area contributed by atoms with Crippen molar-refractivity contribution in [1.29, 1.82) is 0 Å². The van der Waals surface area contributed by atoms with Crippen LogP contribution in [0.1, 0.15) is 45.7 Å². The van der Waals surface area contributed by atoms with E-state index in [2.05, 4.69) is 31.2 Å². The third kappa shape index (κ3) is 3.72. The molecule has 0 aromatic carbocycles. The molecule has 1 amide bonds. The lowest BCUT2D eigenvalue weighted by molar-refractivity contribution is -0.121. The van der Waals surface area contributed by atoms with Crippen LogP contribution in [0.2, 0.25) is 0 Å². The number of halogens is 1. The van der Waals surface area contributed by atoms with Crippen LogP contribution in [0.4, 0.5) is 5.82 Å².